The highest BCUT2D eigenvalue weighted by molar-refractivity contribution is 7.92. The molecule has 0 radical (unpaired) electrons. The van der Waals surface area contributed by atoms with Crippen LogP contribution in [0, 0.1) is 6.92 Å². The highest BCUT2D eigenvalue weighted by Gasteiger charge is 2.27. The molecule has 174 valence electrons. The quantitative estimate of drug-likeness (QED) is 0.362. The molecule has 0 aromatic heterocycles. The number of amides is 1. The van der Waals surface area contributed by atoms with E-state index in [1.807, 2.05) is 55.5 Å². The number of rotatable bonds is 9. The summed E-state index contributed by atoms with van der Waals surface area (Å²) in [5.74, 6) is 0.295. The first-order chi connectivity index (χ1) is 16.4. The molecule has 34 heavy (non-hydrogen) atoms. The summed E-state index contributed by atoms with van der Waals surface area (Å²) in [6.45, 7) is 2.05. The topological polar surface area (TPSA) is 75.7 Å². The lowest BCUT2D eigenvalue weighted by Gasteiger charge is -2.24. The Morgan fingerprint density at radius 1 is 0.853 bits per heavy atom. The van der Waals surface area contributed by atoms with Crippen LogP contribution in [0.4, 0.5) is 5.69 Å². The fourth-order valence-electron chi connectivity index (χ4n) is 3.62. The van der Waals surface area contributed by atoms with Gasteiger partial charge in [0.2, 0.25) is 5.91 Å². The molecule has 6 nitrogen and oxygen atoms in total. The van der Waals surface area contributed by atoms with Crippen LogP contribution in [0.15, 0.2) is 102 Å². The van der Waals surface area contributed by atoms with Gasteiger partial charge in [0.25, 0.3) is 10.0 Å². The van der Waals surface area contributed by atoms with E-state index in [-0.39, 0.29) is 24.6 Å². The van der Waals surface area contributed by atoms with E-state index in [1.54, 1.807) is 36.4 Å². The summed E-state index contributed by atoms with van der Waals surface area (Å²) in [7, 11) is -3.92. The zero-order chi connectivity index (χ0) is 24.0. The molecule has 1 amide bonds. The van der Waals surface area contributed by atoms with Crippen molar-refractivity contribution in [2.75, 3.05) is 24.0 Å². The Morgan fingerprint density at radius 2 is 1.59 bits per heavy atom. The fraction of sp³-hybridized carbons (Fsp3) is 0.148. The average molecular weight is 475 g/mol. The van der Waals surface area contributed by atoms with Gasteiger partial charge in [-0.25, -0.2) is 8.42 Å². The molecular weight excluding hydrogens is 448 g/mol. The molecular formula is C27H26N2O4S. The van der Waals surface area contributed by atoms with Crippen LogP contribution in [0.25, 0.3) is 10.8 Å². The largest absolute Gasteiger partial charge is 0.492 e. The number of nitrogens with zero attached hydrogens (tertiary/aromatic N) is 1. The van der Waals surface area contributed by atoms with Crippen LogP contribution in [0.5, 0.6) is 5.75 Å². The van der Waals surface area contributed by atoms with Crippen molar-refractivity contribution < 1.29 is 17.9 Å². The van der Waals surface area contributed by atoms with Gasteiger partial charge in [-0.2, -0.15) is 0 Å². The van der Waals surface area contributed by atoms with E-state index in [0.717, 1.165) is 20.6 Å². The van der Waals surface area contributed by atoms with Crippen LogP contribution < -0.4 is 14.4 Å². The molecule has 0 aliphatic heterocycles. The summed E-state index contributed by atoms with van der Waals surface area (Å²) < 4.78 is 33.5. The number of ether oxygens (including phenoxy) is 1. The maximum atomic E-state index is 13.3. The van der Waals surface area contributed by atoms with Crippen LogP contribution in [-0.4, -0.2) is 34.0 Å². The number of aryl methyl sites for hydroxylation is 1. The van der Waals surface area contributed by atoms with Crippen LogP contribution >= 0.6 is 0 Å². The van der Waals surface area contributed by atoms with Crippen LogP contribution in [-0.2, 0) is 14.8 Å². The number of carbonyl (C=O) groups is 1. The van der Waals surface area contributed by atoms with E-state index >= 15 is 0 Å². The molecule has 0 bridgehead atoms. The molecule has 0 fully saturated rings. The van der Waals surface area contributed by atoms with Gasteiger partial charge in [-0.05, 0) is 59.7 Å². The number of hydrogen-bond acceptors (Lipinski definition) is 4. The first kappa shape index (κ1) is 23.3. The molecule has 0 aliphatic carbocycles. The second-order valence-electron chi connectivity index (χ2n) is 7.87. The highest BCUT2D eigenvalue weighted by Crippen LogP contribution is 2.24. The van der Waals surface area contributed by atoms with Crippen molar-refractivity contribution in [2.24, 2.45) is 0 Å². The molecule has 7 heteroatoms. The summed E-state index contributed by atoms with van der Waals surface area (Å²) in [6, 6.07) is 29.0. The lowest BCUT2D eigenvalue weighted by Crippen LogP contribution is -2.42. The number of fused-ring (bicyclic) bond motifs is 1. The van der Waals surface area contributed by atoms with Gasteiger partial charge in [0.15, 0.2) is 0 Å². The van der Waals surface area contributed by atoms with Crippen molar-refractivity contribution >= 4 is 32.4 Å². The Kier molecular flexibility index (Phi) is 7.13. The number of nitrogens with one attached hydrogen (secondary N) is 1. The molecule has 0 aliphatic rings. The molecule has 4 aromatic carbocycles. The van der Waals surface area contributed by atoms with Crippen molar-refractivity contribution in [3.8, 4) is 5.75 Å². The van der Waals surface area contributed by atoms with Crippen LogP contribution in [0.2, 0.25) is 0 Å². The molecule has 0 atom stereocenters. The standard InChI is InChI=1S/C27H26N2O4S/c1-21-8-7-11-24(18-21)29(34(31,32)26-12-3-2-4-13-26)20-27(30)28-16-17-33-25-15-14-22-9-5-6-10-23(22)19-25/h2-15,18-19H,16-17,20H2,1H3,(H,28,30). The van der Waals surface area contributed by atoms with Gasteiger partial charge >= 0.3 is 0 Å². The summed E-state index contributed by atoms with van der Waals surface area (Å²) in [5, 5.41) is 4.96. The minimum absolute atomic E-state index is 0.129. The van der Waals surface area contributed by atoms with Gasteiger partial charge in [0.1, 0.15) is 18.9 Å². The van der Waals surface area contributed by atoms with Crippen molar-refractivity contribution in [1.82, 2.24) is 5.32 Å². The summed E-state index contributed by atoms with van der Waals surface area (Å²) in [4.78, 5) is 12.8. The number of carbonyl (C=O) groups excluding carboxylic acids is 1. The predicted molar refractivity (Wildman–Crippen MR) is 135 cm³/mol. The van der Waals surface area contributed by atoms with Gasteiger partial charge in [-0.3, -0.25) is 9.10 Å². The van der Waals surface area contributed by atoms with Crippen molar-refractivity contribution in [2.45, 2.75) is 11.8 Å². The third-order valence-electron chi connectivity index (χ3n) is 5.32. The monoisotopic (exact) mass is 474 g/mol. The average Bonchev–Trinajstić information content (AvgIpc) is 2.85. The third kappa shape index (κ3) is 5.55. The Labute approximate surface area is 199 Å². The molecule has 0 saturated carbocycles. The molecule has 0 saturated heterocycles. The van der Waals surface area contributed by atoms with E-state index in [2.05, 4.69) is 5.32 Å². The van der Waals surface area contributed by atoms with Gasteiger partial charge < -0.3 is 10.1 Å². The Morgan fingerprint density at radius 3 is 2.35 bits per heavy atom. The maximum Gasteiger partial charge on any atom is 0.264 e. The van der Waals surface area contributed by atoms with Crippen molar-refractivity contribution in [1.29, 1.82) is 0 Å². The number of hydrogen-bond donors (Lipinski definition) is 1. The first-order valence-corrected chi connectivity index (χ1v) is 12.4. The Bertz CT molecular complexity index is 1390. The second kappa shape index (κ2) is 10.4. The predicted octanol–water partition coefficient (Wildman–Crippen LogP) is 4.54. The molecule has 4 aromatic rings. The van der Waals surface area contributed by atoms with Gasteiger partial charge in [-0.1, -0.05) is 60.7 Å². The second-order valence-corrected chi connectivity index (χ2v) is 9.73. The Balaban J connectivity index is 1.41. The minimum atomic E-state index is -3.92. The molecule has 1 N–H and O–H groups in total. The summed E-state index contributed by atoms with van der Waals surface area (Å²) >= 11 is 0. The first-order valence-electron chi connectivity index (χ1n) is 11.0. The lowest BCUT2D eigenvalue weighted by atomic mass is 10.1. The summed E-state index contributed by atoms with van der Waals surface area (Å²) in [5.41, 5.74) is 1.33. The van der Waals surface area contributed by atoms with Gasteiger partial charge in [0, 0.05) is 0 Å². The van der Waals surface area contributed by atoms with E-state index in [9.17, 15) is 13.2 Å². The molecule has 4 rings (SSSR count). The smallest absolute Gasteiger partial charge is 0.264 e. The number of anilines is 1. The number of benzene rings is 4. The molecule has 0 heterocycles. The third-order valence-corrected chi connectivity index (χ3v) is 7.11. The Hall–Kier alpha value is -3.84. The minimum Gasteiger partial charge on any atom is -0.492 e. The van der Waals surface area contributed by atoms with Crippen LogP contribution in [0.3, 0.4) is 0 Å². The molecule has 0 unspecified atom stereocenters. The highest BCUT2D eigenvalue weighted by atomic mass is 32.2. The van der Waals surface area contributed by atoms with E-state index in [4.69, 9.17) is 4.74 Å². The van der Waals surface area contributed by atoms with E-state index in [0.29, 0.717) is 11.4 Å². The van der Waals surface area contributed by atoms with E-state index < -0.39 is 15.9 Å². The normalized spacial score (nSPS) is 11.2. The molecule has 0 spiro atoms. The van der Waals surface area contributed by atoms with Gasteiger partial charge in [0.05, 0.1) is 17.1 Å². The zero-order valence-electron chi connectivity index (χ0n) is 18.8. The van der Waals surface area contributed by atoms with E-state index in [1.165, 1.54) is 12.1 Å². The SMILES string of the molecule is Cc1cccc(N(CC(=O)NCCOc2ccc3ccccc3c2)S(=O)(=O)c2ccccc2)c1. The van der Waals surface area contributed by atoms with Crippen molar-refractivity contribution in [3.05, 3.63) is 103 Å². The summed E-state index contributed by atoms with van der Waals surface area (Å²) in [6.07, 6.45) is 0. The van der Waals surface area contributed by atoms with Crippen LogP contribution in [0.1, 0.15) is 5.56 Å². The number of sulfonamides is 1. The van der Waals surface area contributed by atoms with Crippen molar-refractivity contribution in [3.63, 3.8) is 0 Å². The maximum absolute atomic E-state index is 13.3. The lowest BCUT2D eigenvalue weighted by molar-refractivity contribution is -0.119. The zero-order valence-corrected chi connectivity index (χ0v) is 19.7. The fourth-order valence-corrected chi connectivity index (χ4v) is 5.05. The van der Waals surface area contributed by atoms with Gasteiger partial charge in [-0.15, -0.1) is 0 Å².